The SMILES string of the molecule is COc1cccc(-c2nc3c(C)cccn3c2CN2CCNCC2)c1. The smallest absolute Gasteiger partial charge is 0.140 e. The number of aryl methyl sites for hydroxylation is 1. The molecule has 1 aliphatic heterocycles. The van der Waals surface area contributed by atoms with Gasteiger partial charge in [0.2, 0.25) is 0 Å². The van der Waals surface area contributed by atoms with Crippen LogP contribution >= 0.6 is 0 Å². The fourth-order valence-electron chi connectivity index (χ4n) is 3.49. The average Bonchev–Trinajstić information content (AvgIpc) is 3.03. The van der Waals surface area contributed by atoms with E-state index in [1.165, 1.54) is 11.3 Å². The van der Waals surface area contributed by atoms with Crippen LogP contribution < -0.4 is 10.1 Å². The molecule has 0 amide bonds. The van der Waals surface area contributed by atoms with Gasteiger partial charge in [-0.05, 0) is 30.7 Å². The standard InChI is InChI=1S/C20H24N4O/c1-15-5-4-10-24-18(14-23-11-8-21-9-12-23)19(22-20(15)24)16-6-3-7-17(13-16)25-2/h3-7,10,13,21H,8-9,11-12,14H2,1-2H3. The second-order valence-electron chi connectivity index (χ2n) is 6.55. The molecule has 0 radical (unpaired) electrons. The van der Waals surface area contributed by atoms with Crippen molar-refractivity contribution in [1.82, 2.24) is 19.6 Å². The number of piperazine rings is 1. The Kier molecular flexibility index (Phi) is 4.42. The summed E-state index contributed by atoms with van der Waals surface area (Å²) in [5.41, 5.74) is 5.62. The molecule has 1 fully saturated rings. The number of methoxy groups -OCH3 is 1. The lowest BCUT2D eigenvalue weighted by atomic mass is 10.1. The van der Waals surface area contributed by atoms with Gasteiger partial charge in [-0.3, -0.25) is 4.90 Å². The number of nitrogens with one attached hydrogen (secondary N) is 1. The van der Waals surface area contributed by atoms with Crippen LogP contribution in [0.4, 0.5) is 0 Å². The van der Waals surface area contributed by atoms with Crippen molar-refractivity contribution >= 4 is 5.65 Å². The lowest BCUT2D eigenvalue weighted by Crippen LogP contribution is -2.43. The Balaban J connectivity index is 1.83. The molecule has 3 heterocycles. The van der Waals surface area contributed by atoms with Gasteiger partial charge >= 0.3 is 0 Å². The van der Waals surface area contributed by atoms with Gasteiger partial charge in [0.15, 0.2) is 0 Å². The van der Waals surface area contributed by atoms with Crippen LogP contribution in [0.2, 0.25) is 0 Å². The molecule has 3 aromatic rings. The first-order chi connectivity index (χ1) is 12.3. The molecule has 0 spiro atoms. The second-order valence-corrected chi connectivity index (χ2v) is 6.55. The van der Waals surface area contributed by atoms with Crippen molar-refractivity contribution in [2.24, 2.45) is 0 Å². The third kappa shape index (κ3) is 3.13. The highest BCUT2D eigenvalue weighted by molar-refractivity contribution is 5.69. The van der Waals surface area contributed by atoms with E-state index >= 15 is 0 Å². The highest BCUT2D eigenvalue weighted by Crippen LogP contribution is 2.29. The number of pyridine rings is 1. The zero-order valence-electron chi connectivity index (χ0n) is 14.8. The summed E-state index contributed by atoms with van der Waals surface area (Å²) in [6, 6.07) is 12.4. The zero-order valence-corrected chi connectivity index (χ0v) is 14.8. The third-order valence-electron chi connectivity index (χ3n) is 4.87. The van der Waals surface area contributed by atoms with E-state index in [1.807, 2.05) is 12.1 Å². The largest absolute Gasteiger partial charge is 0.497 e. The average molecular weight is 336 g/mol. The summed E-state index contributed by atoms with van der Waals surface area (Å²) in [5, 5.41) is 3.42. The van der Waals surface area contributed by atoms with Crippen LogP contribution in [0.15, 0.2) is 42.6 Å². The topological polar surface area (TPSA) is 41.8 Å². The van der Waals surface area contributed by atoms with Crippen molar-refractivity contribution in [2.75, 3.05) is 33.3 Å². The maximum Gasteiger partial charge on any atom is 0.140 e. The molecule has 0 bridgehead atoms. The van der Waals surface area contributed by atoms with Crippen LogP contribution in [0.3, 0.4) is 0 Å². The van der Waals surface area contributed by atoms with Gasteiger partial charge in [0, 0.05) is 44.5 Å². The molecule has 0 aliphatic carbocycles. The molecule has 5 heteroatoms. The number of hydrogen-bond donors (Lipinski definition) is 1. The third-order valence-corrected chi connectivity index (χ3v) is 4.87. The van der Waals surface area contributed by atoms with E-state index in [1.54, 1.807) is 7.11 Å². The Bertz CT molecular complexity index is 881. The van der Waals surface area contributed by atoms with Crippen molar-refractivity contribution in [3.8, 4) is 17.0 Å². The molecule has 5 nitrogen and oxygen atoms in total. The summed E-state index contributed by atoms with van der Waals surface area (Å²) in [5.74, 6) is 0.861. The Morgan fingerprint density at radius 3 is 2.80 bits per heavy atom. The molecule has 2 aromatic heterocycles. The van der Waals surface area contributed by atoms with Crippen LogP contribution in [0, 0.1) is 6.92 Å². The van der Waals surface area contributed by atoms with E-state index in [2.05, 4.69) is 52.0 Å². The zero-order chi connectivity index (χ0) is 17.2. The monoisotopic (exact) mass is 336 g/mol. The fourth-order valence-corrected chi connectivity index (χ4v) is 3.49. The first-order valence-electron chi connectivity index (χ1n) is 8.80. The Morgan fingerprint density at radius 2 is 2.00 bits per heavy atom. The highest BCUT2D eigenvalue weighted by atomic mass is 16.5. The minimum atomic E-state index is 0.861. The van der Waals surface area contributed by atoms with Gasteiger partial charge in [-0.2, -0.15) is 0 Å². The number of nitrogens with zero attached hydrogens (tertiary/aromatic N) is 3. The molecule has 4 rings (SSSR count). The number of hydrogen-bond acceptors (Lipinski definition) is 4. The Hall–Kier alpha value is -2.37. The van der Waals surface area contributed by atoms with E-state index in [-0.39, 0.29) is 0 Å². The van der Waals surface area contributed by atoms with Crippen LogP contribution in [0.25, 0.3) is 16.9 Å². The molecule has 1 aromatic carbocycles. The molecule has 1 aliphatic rings. The van der Waals surface area contributed by atoms with E-state index in [4.69, 9.17) is 9.72 Å². The van der Waals surface area contributed by atoms with Gasteiger partial charge in [-0.1, -0.05) is 18.2 Å². The predicted molar refractivity (Wildman–Crippen MR) is 100 cm³/mol. The molecule has 130 valence electrons. The molecule has 1 saturated heterocycles. The Morgan fingerprint density at radius 1 is 1.16 bits per heavy atom. The molecule has 25 heavy (non-hydrogen) atoms. The number of benzene rings is 1. The van der Waals surface area contributed by atoms with Crippen LogP contribution in [-0.4, -0.2) is 47.6 Å². The summed E-state index contributed by atoms with van der Waals surface area (Å²) in [6.07, 6.45) is 2.12. The van der Waals surface area contributed by atoms with Crippen molar-refractivity contribution in [1.29, 1.82) is 0 Å². The van der Waals surface area contributed by atoms with E-state index in [9.17, 15) is 0 Å². The quantitative estimate of drug-likeness (QED) is 0.795. The molecule has 1 N–H and O–H groups in total. The normalized spacial score (nSPS) is 15.6. The number of ether oxygens (including phenoxy) is 1. The molecule has 0 unspecified atom stereocenters. The minimum absolute atomic E-state index is 0.861. The van der Waals surface area contributed by atoms with Crippen LogP contribution in [-0.2, 0) is 6.54 Å². The van der Waals surface area contributed by atoms with Gasteiger partial charge in [0.25, 0.3) is 0 Å². The fraction of sp³-hybridized carbons (Fsp3) is 0.350. The number of rotatable bonds is 4. The molecular formula is C20H24N4O. The summed E-state index contributed by atoms with van der Waals surface area (Å²) in [4.78, 5) is 7.48. The predicted octanol–water partition coefficient (Wildman–Crippen LogP) is 2.72. The first kappa shape index (κ1) is 16.1. The number of aromatic nitrogens is 2. The maximum absolute atomic E-state index is 5.41. The highest BCUT2D eigenvalue weighted by Gasteiger charge is 2.19. The van der Waals surface area contributed by atoms with Crippen LogP contribution in [0.5, 0.6) is 5.75 Å². The van der Waals surface area contributed by atoms with E-state index in [0.717, 1.165) is 55.4 Å². The number of imidazole rings is 1. The molecular weight excluding hydrogens is 312 g/mol. The van der Waals surface area contributed by atoms with E-state index < -0.39 is 0 Å². The van der Waals surface area contributed by atoms with Crippen molar-refractivity contribution in [3.05, 3.63) is 53.9 Å². The summed E-state index contributed by atoms with van der Waals surface area (Å²) in [7, 11) is 1.70. The molecule has 0 saturated carbocycles. The number of fused-ring (bicyclic) bond motifs is 1. The lowest BCUT2D eigenvalue weighted by Gasteiger charge is -2.27. The van der Waals surface area contributed by atoms with Crippen molar-refractivity contribution in [2.45, 2.75) is 13.5 Å². The summed E-state index contributed by atoms with van der Waals surface area (Å²) < 4.78 is 7.65. The van der Waals surface area contributed by atoms with Gasteiger partial charge in [-0.15, -0.1) is 0 Å². The Labute approximate surface area is 148 Å². The van der Waals surface area contributed by atoms with Crippen molar-refractivity contribution in [3.63, 3.8) is 0 Å². The summed E-state index contributed by atoms with van der Waals surface area (Å²) in [6.45, 7) is 7.24. The van der Waals surface area contributed by atoms with Gasteiger partial charge in [0.1, 0.15) is 11.4 Å². The van der Waals surface area contributed by atoms with Crippen molar-refractivity contribution < 1.29 is 4.74 Å². The molecule has 0 atom stereocenters. The first-order valence-corrected chi connectivity index (χ1v) is 8.80. The van der Waals surface area contributed by atoms with Gasteiger partial charge in [0.05, 0.1) is 18.5 Å². The lowest BCUT2D eigenvalue weighted by molar-refractivity contribution is 0.230. The van der Waals surface area contributed by atoms with Crippen LogP contribution in [0.1, 0.15) is 11.3 Å². The second kappa shape index (κ2) is 6.86. The van der Waals surface area contributed by atoms with E-state index in [0.29, 0.717) is 0 Å². The summed E-state index contributed by atoms with van der Waals surface area (Å²) >= 11 is 0. The maximum atomic E-state index is 5.41. The van der Waals surface area contributed by atoms with Gasteiger partial charge < -0.3 is 14.5 Å². The van der Waals surface area contributed by atoms with Gasteiger partial charge in [-0.25, -0.2) is 4.98 Å². The minimum Gasteiger partial charge on any atom is -0.497 e.